The molecule has 0 bridgehead atoms. The molecule has 33 heteroatoms. The zero-order valence-corrected chi connectivity index (χ0v) is 75.8. The summed E-state index contributed by atoms with van der Waals surface area (Å²) in [6.45, 7) is 32.4. The standard InChI is InChI=1S/C26H31N5O2.C25H26ClN5O3.C23H22F3N5O2.C23H25N5O2/c1-15-13-20-21(14-16(15)2)31(23-22(28-20)24(32)30-25(33)29-23)12-11-27-17(3)18-7-9-19(10-8-18)26(4,5)6;1-15-11-19-20(13-21(15)34-18-7-2-3-8-18)31(23-22(28-19)24(32)30-25(33)29-23)10-9-27-14-16-5-4-6-17(26)12-16;1-13-10-17-18(11-14(13)2)31(20-19(27-17)21(32)29-22(33)28-20)9-8-30(3)12-15-6-4-5-7-16(15)23(24,25)26;1-13-5-6-14(2)17(9-13)12-24-7-8-28-19-11-16(4)15(3)10-18(19)25-20-21(28)26-23(30)27-22(20)29/h7-10,13-14,17,27H,11-12H2,1-6H3,(H,30,32,33);4-6,11-13,18,27H,2-3,7-10,14H2,1H3,(H,30,32,33);4-7,10-11H,8-9,12H2,1-3H3,(H,29,32,33);5-6,9-11,24H,7-8,12H2,1-4H3,(H,27,29,30). The van der Waals surface area contributed by atoms with Crippen molar-refractivity contribution in [3.8, 4) is 51.8 Å². The van der Waals surface area contributed by atoms with Gasteiger partial charge < -0.3 is 43.9 Å². The third kappa shape index (κ3) is 21.4. The Labute approximate surface area is 750 Å². The molecule has 1 unspecified atom stereocenters. The van der Waals surface area contributed by atoms with E-state index in [1.165, 1.54) is 52.8 Å². The van der Waals surface area contributed by atoms with Crippen molar-refractivity contribution in [2.45, 2.75) is 185 Å². The first-order valence-electron chi connectivity index (χ1n) is 43.2. The van der Waals surface area contributed by atoms with Gasteiger partial charge in [0.1, 0.15) is 5.75 Å². The lowest BCUT2D eigenvalue weighted by molar-refractivity contribution is -0.138. The number of fused-ring (bicyclic) bond motifs is 8. The molecule has 0 amide bonds. The van der Waals surface area contributed by atoms with Crippen LogP contribution >= 0.6 is 11.6 Å². The van der Waals surface area contributed by atoms with Crippen molar-refractivity contribution < 1.29 is 17.9 Å². The Balaban J connectivity index is 0.000000140. The molecule has 8 heterocycles. The van der Waals surface area contributed by atoms with Crippen LogP contribution in [0, 0.1) is 62.3 Å². The van der Waals surface area contributed by atoms with Crippen molar-refractivity contribution in [2.24, 2.45) is 0 Å². The Kier molecular flexibility index (Phi) is 28.0. The fourth-order valence-corrected chi connectivity index (χ4v) is 16.3. The summed E-state index contributed by atoms with van der Waals surface area (Å²) in [5, 5.41) is 11.1. The van der Waals surface area contributed by atoms with Crippen molar-refractivity contribution in [2.75, 3.05) is 33.2 Å². The van der Waals surface area contributed by atoms with Crippen LogP contribution in [0.2, 0.25) is 5.02 Å². The van der Waals surface area contributed by atoms with Crippen LogP contribution in [-0.2, 0) is 57.4 Å². The van der Waals surface area contributed by atoms with Crippen LogP contribution in [0.5, 0.6) is 5.75 Å². The second-order valence-corrected chi connectivity index (χ2v) is 34.9. The SMILES string of the molecule is Cc1cc2nc3c(=O)[nH]c(=O)nc-3n(CCN(C)Cc3ccccc3C(F)(F)F)c2cc1C.Cc1cc2nc3c(=O)[nH]c(=O)nc-3n(CCNC(C)c3ccc(C(C)(C)C)cc3)c2cc1C.Cc1cc2nc3c(=O)[nH]c(=O)nc-3n(CCNCc3cccc(Cl)c3)c2cc1OC1CCCC1.Cc1ccc(C)c(CNCCn2c3nc(=O)[nH]c(=O)c-3nc3cc(C)c(C)cc32)c1. The van der Waals surface area contributed by atoms with Gasteiger partial charge in [-0.3, -0.25) is 39.1 Å². The first-order chi connectivity index (χ1) is 61.9. The lowest BCUT2D eigenvalue weighted by atomic mass is 9.86. The first kappa shape index (κ1) is 92.8. The van der Waals surface area contributed by atoms with Crippen molar-refractivity contribution in [1.82, 2.24) is 98.9 Å². The number of nitrogens with zero attached hydrogens (tertiary/aromatic N) is 13. The van der Waals surface area contributed by atoms with Gasteiger partial charge in [0, 0.05) is 89.1 Å². The van der Waals surface area contributed by atoms with Crippen molar-refractivity contribution in [1.29, 1.82) is 0 Å². The van der Waals surface area contributed by atoms with Crippen LogP contribution in [0.1, 0.15) is 143 Å². The van der Waals surface area contributed by atoms with E-state index in [1.54, 1.807) is 22.6 Å². The molecule has 8 aliphatic heterocycles. The lowest BCUT2D eigenvalue weighted by Crippen LogP contribution is -2.31. The summed E-state index contributed by atoms with van der Waals surface area (Å²) < 4.78 is 53.8. The minimum atomic E-state index is -4.44. The van der Waals surface area contributed by atoms with Crippen LogP contribution < -0.4 is 65.7 Å². The smallest absolute Gasteiger partial charge is 0.416 e. The second kappa shape index (κ2) is 39.3. The molecule has 674 valence electrons. The molecule has 1 atom stereocenters. The average Bonchev–Trinajstić information content (AvgIpc) is 0.812. The minimum Gasteiger partial charge on any atom is -0.490 e. The summed E-state index contributed by atoms with van der Waals surface area (Å²) in [4.78, 5) is 142. The average molecular weight is 1790 g/mol. The summed E-state index contributed by atoms with van der Waals surface area (Å²) in [6, 6.07) is 44.1. The zero-order chi connectivity index (χ0) is 92.9. The van der Waals surface area contributed by atoms with Crippen molar-refractivity contribution in [3.05, 3.63) is 311 Å². The van der Waals surface area contributed by atoms with Gasteiger partial charge in [-0.05, 0) is 240 Å². The van der Waals surface area contributed by atoms with Gasteiger partial charge in [0.05, 0.1) is 55.8 Å². The van der Waals surface area contributed by atoms with Crippen LogP contribution in [0.15, 0.2) is 178 Å². The van der Waals surface area contributed by atoms with Gasteiger partial charge in [-0.25, -0.2) is 39.1 Å². The fourth-order valence-electron chi connectivity index (χ4n) is 16.1. The predicted octanol–water partition coefficient (Wildman–Crippen LogP) is 13.5. The topological polar surface area (TPSA) is 371 Å². The van der Waals surface area contributed by atoms with Gasteiger partial charge in [-0.1, -0.05) is 111 Å². The number of likely N-dealkylation sites (N-methyl/N-ethyl adjacent to an activating group) is 1. The molecular weight excluding hydrogens is 1680 g/mol. The molecule has 8 aromatic rings. The number of H-pyrrole nitrogens is 4. The maximum atomic E-state index is 13.3. The summed E-state index contributed by atoms with van der Waals surface area (Å²) in [5.74, 6) is 1.83. The van der Waals surface area contributed by atoms with Crippen LogP contribution in [0.4, 0.5) is 13.2 Å². The van der Waals surface area contributed by atoms with Crippen LogP contribution in [-0.4, -0.2) is 122 Å². The number of hydrogen-bond acceptors (Lipinski definition) is 21. The molecule has 1 fully saturated rings. The third-order valence-electron chi connectivity index (χ3n) is 23.8. The van der Waals surface area contributed by atoms with Gasteiger partial charge in [0.2, 0.25) is 0 Å². The largest absolute Gasteiger partial charge is 0.490 e. The molecule has 9 aliphatic rings. The monoisotopic (exact) mass is 1780 g/mol. The minimum absolute atomic E-state index is 0.0374. The van der Waals surface area contributed by atoms with Gasteiger partial charge in [0.15, 0.2) is 46.1 Å². The Morgan fingerprint density at radius 1 is 0.462 bits per heavy atom. The summed E-state index contributed by atoms with van der Waals surface area (Å²) in [6.07, 6.45) is 0.247. The Bertz CT molecular complexity index is 7310. The molecule has 0 radical (unpaired) electrons. The highest BCUT2D eigenvalue weighted by molar-refractivity contribution is 6.30. The predicted molar refractivity (Wildman–Crippen MR) is 500 cm³/mol. The number of rotatable bonds is 22. The van der Waals surface area contributed by atoms with Gasteiger partial charge in [0.25, 0.3) is 22.2 Å². The number of ether oxygens (including phenoxy) is 1. The maximum Gasteiger partial charge on any atom is 0.416 e. The zero-order valence-electron chi connectivity index (χ0n) is 75.0. The number of aryl methyl sites for hydroxylation is 9. The Hall–Kier alpha value is -13.4. The number of benzene rings is 8. The van der Waals surface area contributed by atoms with E-state index < -0.39 is 56.7 Å². The molecule has 17 rings (SSSR count). The maximum absolute atomic E-state index is 13.3. The molecule has 0 aromatic heterocycles. The number of hydrogen-bond donors (Lipinski definition) is 7. The first-order valence-corrected chi connectivity index (χ1v) is 43.5. The molecular formula is C97H104ClF3N20O9. The van der Waals surface area contributed by atoms with Crippen molar-refractivity contribution in [3.63, 3.8) is 0 Å². The van der Waals surface area contributed by atoms with Crippen LogP contribution in [0.25, 0.3) is 90.2 Å². The molecule has 0 saturated heterocycles. The van der Waals surface area contributed by atoms with E-state index in [-0.39, 0.29) is 64.1 Å². The molecule has 29 nitrogen and oxygen atoms in total. The van der Waals surface area contributed by atoms with E-state index in [0.29, 0.717) is 103 Å². The highest BCUT2D eigenvalue weighted by Gasteiger charge is 2.34. The fraction of sp³-hybridized carbons (Fsp3) is 0.340. The van der Waals surface area contributed by atoms with E-state index >= 15 is 0 Å². The number of alkyl halides is 3. The summed E-state index contributed by atoms with van der Waals surface area (Å²) in [7, 11) is 1.72. The summed E-state index contributed by atoms with van der Waals surface area (Å²) >= 11 is 6.08. The molecule has 130 heavy (non-hydrogen) atoms. The quantitative estimate of drug-likeness (QED) is 0.0245. The van der Waals surface area contributed by atoms with Gasteiger partial charge >= 0.3 is 28.9 Å². The van der Waals surface area contributed by atoms with Crippen molar-refractivity contribution >= 4 is 55.7 Å². The Morgan fingerprint density at radius 2 is 0.885 bits per heavy atom. The van der Waals surface area contributed by atoms with Gasteiger partial charge in [-0.2, -0.15) is 33.1 Å². The normalized spacial score (nSPS) is 12.8. The number of aromatic amines is 4. The molecule has 1 aliphatic carbocycles. The molecule has 1 saturated carbocycles. The Morgan fingerprint density at radius 3 is 1.34 bits per heavy atom. The highest BCUT2D eigenvalue weighted by Crippen LogP contribution is 2.36. The second-order valence-electron chi connectivity index (χ2n) is 34.5. The molecule has 0 spiro atoms. The van der Waals surface area contributed by atoms with Crippen LogP contribution in [0.3, 0.4) is 0 Å². The number of aromatic nitrogens is 16. The number of halogens is 4. The number of nitrogens with one attached hydrogen (secondary N) is 7. The van der Waals surface area contributed by atoms with E-state index in [1.807, 2.05) is 135 Å². The van der Waals surface area contributed by atoms with E-state index in [4.69, 9.17) is 16.3 Å². The highest BCUT2D eigenvalue weighted by atomic mass is 35.5. The molecule has 8 aromatic carbocycles. The third-order valence-corrected chi connectivity index (χ3v) is 24.0. The van der Waals surface area contributed by atoms with E-state index in [2.05, 4.69) is 160 Å². The summed E-state index contributed by atoms with van der Waals surface area (Å²) in [5.41, 5.74) is 15.7. The van der Waals surface area contributed by atoms with Gasteiger partial charge in [-0.15, -0.1) is 0 Å². The van der Waals surface area contributed by atoms with E-state index in [9.17, 15) is 51.5 Å². The molecule has 7 N–H and O–H groups in total. The lowest BCUT2D eigenvalue weighted by Gasteiger charge is -2.23. The van der Waals surface area contributed by atoms with E-state index in [0.717, 1.165) is 92.3 Å².